The zero-order valence-electron chi connectivity index (χ0n) is 11.9. The van der Waals surface area contributed by atoms with Gasteiger partial charge in [-0.25, -0.2) is 0 Å². The van der Waals surface area contributed by atoms with Crippen LogP contribution in [0.4, 0.5) is 5.69 Å². The highest BCUT2D eigenvalue weighted by Crippen LogP contribution is 2.46. The van der Waals surface area contributed by atoms with Crippen molar-refractivity contribution in [3.8, 4) is 5.75 Å². The molecular formula is C17H19NO2. The fraction of sp³-hybridized carbons (Fsp3) is 0.353. The molecule has 1 aliphatic rings. The number of carbonyl (C=O) groups excluding carboxylic acids is 1. The number of fused-ring (bicyclic) bond motifs is 1. The predicted octanol–water partition coefficient (Wildman–Crippen LogP) is 3.98. The number of ether oxygens (including phenoxy) is 1. The molecule has 0 unspecified atom stereocenters. The second-order valence-corrected chi connectivity index (χ2v) is 5.60. The van der Waals surface area contributed by atoms with Gasteiger partial charge in [-0.15, -0.1) is 0 Å². The molecule has 0 aromatic heterocycles. The highest BCUT2D eigenvalue weighted by molar-refractivity contribution is 6.06. The molecule has 2 aromatic carbocycles. The molecule has 104 valence electrons. The third-order valence-corrected chi connectivity index (χ3v) is 3.98. The van der Waals surface area contributed by atoms with E-state index >= 15 is 0 Å². The summed E-state index contributed by atoms with van der Waals surface area (Å²) in [5.41, 5.74) is 0.696. The molecule has 1 N–H and O–H groups in total. The van der Waals surface area contributed by atoms with Crippen molar-refractivity contribution in [2.24, 2.45) is 5.41 Å². The zero-order valence-corrected chi connectivity index (χ0v) is 11.9. The number of carbonyl (C=O) groups is 1. The summed E-state index contributed by atoms with van der Waals surface area (Å²) in [6, 6.07) is 11.9. The van der Waals surface area contributed by atoms with Crippen molar-refractivity contribution in [1.29, 1.82) is 0 Å². The lowest BCUT2D eigenvalue weighted by Gasteiger charge is -2.14. The van der Waals surface area contributed by atoms with Crippen LogP contribution in [0.15, 0.2) is 36.4 Å². The molecule has 3 rings (SSSR count). The van der Waals surface area contributed by atoms with E-state index in [2.05, 4.69) is 5.32 Å². The quantitative estimate of drug-likeness (QED) is 0.911. The zero-order chi connectivity index (χ0) is 14.2. The molecule has 1 aliphatic carbocycles. The van der Waals surface area contributed by atoms with Gasteiger partial charge in [-0.1, -0.05) is 31.2 Å². The molecular weight excluding hydrogens is 250 g/mol. The topological polar surface area (TPSA) is 38.3 Å². The summed E-state index contributed by atoms with van der Waals surface area (Å²) in [7, 11) is 0. The first kappa shape index (κ1) is 13.0. The molecule has 0 saturated heterocycles. The first-order valence-electron chi connectivity index (χ1n) is 7.10. The maximum atomic E-state index is 12.2. The van der Waals surface area contributed by atoms with Crippen LogP contribution in [0, 0.1) is 5.41 Å². The number of benzene rings is 2. The van der Waals surface area contributed by atoms with Gasteiger partial charge in [-0.3, -0.25) is 4.79 Å². The van der Waals surface area contributed by atoms with Crippen LogP contribution in [-0.2, 0) is 4.79 Å². The lowest BCUT2D eigenvalue weighted by molar-refractivity contribution is -0.120. The van der Waals surface area contributed by atoms with E-state index in [0.29, 0.717) is 6.61 Å². The Kier molecular flexibility index (Phi) is 3.13. The summed E-state index contributed by atoms with van der Waals surface area (Å²) in [5.74, 6) is 0.977. The summed E-state index contributed by atoms with van der Waals surface area (Å²) in [5, 5.41) is 5.12. The van der Waals surface area contributed by atoms with Crippen molar-refractivity contribution in [2.75, 3.05) is 11.9 Å². The molecule has 0 spiro atoms. The van der Waals surface area contributed by atoms with Gasteiger partial charge in [0.1, 0.15) is 5.75 Å². The van der Waals surface area contributed by atoms with E-state index in [0.717, 1.165) is 35.1 Å². The van der Waals surface area contributed by atoms with Crippen LogP contribution < -0.4 is 10.1 Å². The SMILES string of the molecule is CCOc1ccc(NC(=O)C2(C)CC2)c2ccccc12. The predicted molar refractivity (Wildman–Crippen MR) is 81.1 cm³/mol. The number of anilines is 1. The van der Waals surface area contributed by atoms with Gasteiger partial charge in [0.15, 0.2) is 0 Å². The van der Waals surface area contributed by atoms with Crippen LogP contribution in [0.1, 0.15) is 26.7 Å². The summed E-state index contributed by atoms with van der Waals surface area (Å²) in [4.78, 5) is 12.2. The average molecular weight is 269 g/mol. The Balaban J connectivity index is 1.99. The van der Waals surface area contributed by atoms with Gasteiger partial charge in [0.2, 0.25) is 5.91 Å². The fourth-order valence-electron chi connectivity index (χ4n) is 2.35. The van der Waals surface area contributed by atoms with E-state index in [-0.39, 0.29) is 11.3 Å². The van der Waals surface area contributed by atoms with Gasteiger partial charge in [-0.05, 0) is 31.9 Å². The highest BCUT2D eigenvalue weighted by Gasteiger charge is 2.44. The van der Waals surface area contributed by atoms with E-state index in [4.69, 9.17) is 4.74 Å². The van der Waals surface area contributed by atoms with E-state index in [1.165, 1.54) is 0 Å². The van der Waals surface area contributed by atoms with Crippen LogP contribution in [0.2, 0.25) is 0 Å². The number of hydrogen-bond acceptors (Lipinski definition) is 2. The molecule has 0 bridgehead atoms. The minimum absolute atomic E-state index is 0.117. The number of hydrogen-bond donors (Lipinski definition) is 1. The minimum atomic E-state index is -0.167. The Labute approximate surface area is 118 Å². The Morgan fingerprint density at radius 3 is 2.55 bits per heavy atom. The standard InChI is InChI=1S/C17H19NO2/c1-3-20-15-9-8-14(12-6-4-5-7-13(12)15)18-16(19)17(2)10-11-17/h4-9H,3,10-11H2,1-2H3,(H,18,19). The van der Waals surface area contributed by atoms with Gasteiger partial charge in [0.25, 0.3) is 0 Å². The molecule has 20 heavy (non-hydrogen) atoms. The third kappa shape index (κ3) is 2.24. The van der Waals surface area contributed by atoms with E-state index in [9.17, 15) is 4.79 Å². The second-order valence-electron chi connectivity index (χ2n) is 5.60. The Bertz CT molecular complexity index is 659. The summed E-state index contributed by atoms with van der Waals surface area (Å²) in [6.07, 6.45) is 1.96. The summed E-state index contributed by atoms with van der Waals surface area (Å²) < 4.78 is 5.65. The van der Waals surface area contributed by atoms with E-state index in [1.54, 1.807) is 0 Å². The lowest BCUT2D eigenvalue weighted by atomic mass is 10.1. The monoisotopic (exact) mass is 269 g/mol. The maximum absolute atomic E-state index is 12.2. The smallest absolute Gasteiger partial charge is 0.230 e. The minimum Gasteiger partial charge on any atom is -0.493 e. The molecule has 3 heteroatoms. The molecule has 0 atom stereocenters. The van der Waals surface area contributed by atoms with Gasteiger partial charge in [-0.2, -0.15) is 0 Å². The molecule has 2 aromatic rings. The molecule has 1 amide bonds. The molecule has 0 aliphatic heterocycles. The van der Waals surface area contributed by atoms with Crippen molar-refractivity contribution in [1.82, 2.24) is 0 Å². The summed E-state index contributed by atoms with van der Waals surface area (Å²) >= 11 is 0. The van der Waals surface area contributed by atoms with Crippen LogP contribution in [0.3, 0.4) is 0 Å². The molecule has 3 nitrogen and oxygen atoms in total. The average Bonchev–Trinajstić information content (AvgIpc) is 3.21. The first-order chi connectivity index (χ1) is 9.64. The fourth-order valence-corrected chi connectivity index (χ4v) is 2.35. The van der Waals surface area contributed by atoms with Gasteiger partial charge >= 0.3 is 0 Å². The first-order valence-corrected chi connectivity index (χ1v) is 7.10. The Morgan fingerprint density at radius 2 is 1.90 bits per heavy atom. The van der Waals surface area contributed by atoms with Gasteiger partial charge in [0, 0.05) is 21.9 Å². The Morgan fingerprint density at radius 1 is 1.20 bits per heavy atom. The van der Waals surface area contributed by atoms with Crippen molar-refractivity contribution < 1.29 is 9.53 Å². The largest absolute Gasteiger partial charge is 0.493 e. The number of amides is 1. The van der Waals surface area contributed by atoms with Gasteiger partial charge < -0.3 is 10.1 Å². The van der Waals surface area contributed by atoms with Gasteiger partial charge in [0.05, 0.1) is 6.61 Å². The van der Waals surface area contributed by atoms with E-state index < -0.39 is 0 Å². The normalized spacial score (nSPS) is 15.9. The number of nitrogens with one attached hydrogen (secondary N) is 1. The van der Waals surface area contributed by atoms with Crippen molar-refractivity contribution in [2.45, 2.75) is 26.7 Å². The van der Waals surface area contributed by atoms with Crippen LogP contribution in [-0.4, -0.2) is 12.5 Å². The Hall–Kier alpha value is -2.03. The molecule has 1 saturated carbocycles. The molecule has 0 radical (unpaired) electrons. The highest BCUT2D eigenvalue weighted by atomic mass is 16.5. The maximum Gasteiger partial charge on any atom is 0.230 e. The van der Waals surface area contributed by atoms with Crippen LogP contribution in [0.25, 0.3) is 10.8 Å². The molecule has 0 heterocycles. The van der Waals surface area contributed by atoms with Crippen molar-refractivity contribution in [3.05, 3.63) is 36.4 Å². The van der Waals surface area contributed by atoms with Crippen LogP contribution >= 0.6 is 0 Å². The van der Waals surface area contributed by atoms with Crippen LogP contribution in [0.5, 0.6) is 5.75 Å². The number of rotatable bonds is 4. The van der Waals surface area contributed by atoms with Crippen molar-refractivity contribution >= 4 is 22.4 Å². The third-order valence-electron chi connectivity index (χ3n) is 3.98. The summed E-state index contributed by atoms with van der Waals surface area (Å²) in [6.45, 7) is 4.62. The lowest BCUT2D eigenvalue weighted by Crippen LogP contribution is -2.21. The van der Waals surface area contributed by atoms with Crippen molar-refractivity contribution in [3.63, 3.8) is 0 Å². The second kappa shape index (κ2) is 4.82. The van der Waals surface area contributed by atoms with E-state index in [1.807, 2.05) is 50.2 Å². The molecule has 1 fully saturated rings.